The van der Waals surface area contributed by atoms with Crippen molar-refractivity contribution in [3.63, 3.8) is 0 Å². The van der Waals surface area contributed by atoms with Crippen LogP contribution in [0.25, 0.3) is 0 Å². The minimum atomic E-state index is -6.14. The molecule has 33 heavy (non-hydrogen) atoms. The van der Waals surface area contributed by atoms with Gasteiger partial charge in [-0.1, -0.05) is 0 Å². The van der Waals surface area contributed by atoms with Crippen LogP contribution in [0, 0.1) is 0 Å². The van der Waals surface area contributed by atoms with Crippen molar-refractivity contribution < 1.29 is 50.7 Å². The Labute approximate surface area is 196 Å². The van der Waals surface area contributed by atoms with E-state index in [0.29, 0.717) is 0 Å². The van der Waals surface area contributed by atoms with Gasteiger partial charge in [0.2, 0.25) is 0 Å². The predicted molar refractivity (Wildman–Crippen MR) is 110 cm³/mol. The second kappa shape index (κ2) is 15.2. The molecule has 0 bridgehead atoms. The van der Waals surface area contributed by atoms with E-state index in [4.69, 9.17) is 12.3 Å². The minimum absolute atomic E-state index is 0.240. The quantitative estimate of drug-likeness (QED) is 0.239. The summed E-state index contributed by atoms with van der Waals surface area (Å²) >= 11 is -6.14. The van der Waals surface area contributed by atoms with Gasteiger partial charge in [-0.25, -0.2) is 0 Å². The van der Waals surface area contributed by atoms with Crippen LogP contribution in [0.3, 0.4) is 0 Å². The van der Waals surface area contributed by atoms with Gasteiger partial charge in [0.25, 0.3) is 0 Å². The van der Waals surface area contributed by atoms with E-state index in [-0.39, 0.29) is 48.8 Å². The van der Waals surface area contributed by atoms with Crippen LogP contribution in [0.15, 0.2) is 0 Å². The number of carbonyl (C=O) groups excluding carboxylic acids is 8. The van der Waals surface area contributed by atoms with Crippen molar-refractivity contribution >= 4 is 67.0 Å². The molecule has 0 rings (SSSR count). The number of carbonyl (C=O) groups is 8. The molecular formula is C20H28O12Sn. The van der Waals surface area contributed by atoms with Gasteiger partial charge in [-0.3, -0.25) is 0 Å². The van der Waals surface area contributed by atoms with E-state index in [1.54, 1.807) is 0 Å². The fourth-order valence-corrected chi connectivity index (χ4v) is 7.06. The molecule has 0 aliphatic carbocycles. The van der Waals surface area contributed by atoms with Crippen molar-refractivity contribution in [2.24, 2.45) is 0 Å². The average molecular weight is 579 g/mol. The first-order chi connectivity index (χ1) is 15.2. The van der Waals surface area contributed by atoms with Crippen LogP contribution < -0.4 is 0 Å². The third-order valence-corrected chi connectivity index (χ3v) is 9.13. The average Bonchev–Trinajstić information content (AvgIpc) is 2.67. The summed E-state index contributed by atoms with van der Waals surface area (Å²) in [6, 6.07) is 0. The molecule has 0 heterocycles. The van der Waals surface area contributed by atoms with E-state index < -0.39 is 69.6 Å². The maximum atomic E-state index is 12.2. The molecule has 0 aromatic heterocycles. The van der Waals surface area contributed by atoms with Crippen molar-refractivity contribution in [2.45, 2.75) is 79.1 Å². The van der Waals surface area contributed by atoms with Gasteiger partial charge in [-0.15, -0.1) is 0 Å². The molecule has 12 nitrogen and oxygen atoms in total. The number of hydrogen-bond donors (Lipinski definition) is 0. The Bertz CT molecular complexity index is 667. The molecule has 13 heteroatoms. The summed E-state index contributed by atoms with van der Waals surface area (Å²) in [7, 11) is 0. The Morgan fingerprint density at radius 1 is 0.394 bits per heavy atom. The second-order valence-electron chi connectivity index (χ2n) is 7.20. The molecule has 0 fully saturated rings. The predicted octanol–water partition coefficient (Wildman–Crippen LogP) is 1.07. The Hall–Kier alpha value is -2.64. The number of ketones is 4. The van der Waals surface area contributed by atoms with Gasteiger partial charge in [0.1, 0.15) is 0 Å². The van der Waals surface area contributed by atoms with Crippen molar-refractivity contribution in [3.8, 4) is 0 Å². The van der Waals surface area contributed by atoms with E-state index in [1.165, 1.54) is 27.7 Å². The van der Waals surface area contributed by atoms with E-state index in [0.717, 1.165) is 0 Å². The first-order valence-corrected chi connectivity index (χ1v) is 14.8. The van der Waals surface area contributed by atoms with Crippen LogP contribution in [0.2, 0.25) is 0 Å². The standard InChI is InChI=1S/4C5H8O3.Sn/c4*1-4(6)2-3-5(7)8;/h4*2-3H2,1H3,(H,7,8);/q;;;;+4/p-4. The SMILES string of the molecule is CC(=O)CCC(=O)[O][Sn]([O]C(=O)CCC(C)=O)([O]C(=O)CCC(C)=O)[O]C(=O)CCC(C)=O. The zero-order chi connectivity index (χ0) is 25.6. The van der Waals surface area contributed by atoms with Gasteiger partial charge in [0, 0.05) is 0 Å². The van der Waals surface area contributed by atoms with Gasteiger partial charge in [-0.2, -0.15) is 0 Å². The van der Waals surface area contributed by atoms with Gasteiger partial charge >= 0.3 is 197 Å². The Morgan fingerprint density at radius 2 is 0.576 bits per heavy atom. The zero-order valence-corrected chi connectivity index (χ0v) is 21.9. The Morgan fingerprint density at radius 3 is 0.727 bits per heavy atom. The summed E-state index contributed by atoms with van der Waals surface area (Å²) in [4.78, 5) is 93.6. The van der Waals surface area contributed by atoms with Crippen molar-refractivity contribution in [3.05, 3.63) is 0 Å². The van der Waals surface area contributed by atoms with Gasteiger partial charge in [-0.05, 0) is 0 Å². The van der Waals surface area contributed by atoms with Crippen molar-refractivity contribution in [1.82, 2.24) is 0 Å². The molecule has 0 atom stereocenters. The first kappa shape index (κ1) is 30.4. The summed E-state index contributed by atoms with van der Waals surface area (Å²) in [5, 5.41) is 0. The summed E-state index contributed by atoms with van der Waals surface area (Å²) in [6.07, 6.45) is -2.87. The monoisotopic (exact) mass is 580 g/mol. The molecule has 0 saturated carbocycles. The van der Waals surface area contributed by atoms with E-state index >= 15 is 0 Å². The second-order valence-corrected chi connectivity index (χ2v) is 12.4. The van der Waals surface area contributed by atoms with Gasteiger partial charge in [0.05, 0.1) is 0 Å². The summed E-state index contributed by atoms with van der Waals surface area (Å²) in [5.41, 5.74) is 0. The normalized spacial score (nSPS) is 10.5. The zero-order valence-electron chi connectivity index (χ0n) is 19.1. The van der Waals surface area contributed by atoms with E-state index in [9.17, 15) is 38.4 Å². The van der Waals surface area contributed by atoms with Crippen LogP contribution in [0.5, 0.6) is 0 Å². The molecule has 184 valence electrons. The van der Waals surface area contributed by atoms with E-state index in [2.05, 4.69) is 0 Å². The molecule has 0 N–H and O–H groups in total. The van der Waals surface area contributed by atoms with Crippen LogP contribution in [-0.2, 0) is 50.7 Å². The molecule has 0 aromatic rings. The Kier molecular flexibility index (Phi) is 14.0. The number of hydrogen-bond acceptors (Lipinski definition) is 12. The van der Waals surface area contributed by atoms with E-state index in [1.807, 2.05) is 0 Å². The molecule has 0 amide bonds. The summed E-state index contributed by atoms with van der Waals surface area (Å²) < 4.78 is 20.2. The Balaban J connectivity index is 5.88. The maximum absolute atomic E-state index is 12.2. The first-order valence-electron chi connectivity index (χ1n) is 10.1. The fraction of sp³-hybridized carbons (Fsp3) is 0.600. The summed E-state index contributed by atoms with van der Waals surface area (Å²) in [5.74, 6) is -5.94. The topological polar surface area (TPSA) is 173 Å². The van der Waals surface area contributed by atoms with Crippen LogP contribution in [0.1, 0.15) is 79.1 Å². The molecule has 0 aliphatic heterocycles. The molecular weight excluding hydrogens is 551 g/mol. The van der Waals surface area contributed by atoms with Crippen LogP contribution in [-0.4, -0.2) is 67.0 Å². The third kappa shape index (κ3) is 15.7. The van der Waals surface area contributed by atoms with Gasteiger partial charge in [0.15, 0.2) is 0 Å². The number of Topliss-reactive ketones (excluding diaryl/α,β-unsaturated/α-hetero) is 4. The molecule has 0 unspecified atom stereocenters. The van der Waals surface area contributed by atoms with Crippen molar-refractivity contribution in [1.29, 1.82) is 0 Å². The molecule has 0 spiro atoms. The van der Waals surface area contributed by atoms with Crippen LogP contribution >= 0.6 is 0 Å². The molecule has 0 aliphatic rings. The molecule has 0 aromatic carbocycles. The third-order valence-electron chi connectivity index (χ3n) is 3.68. The fourth-order valence-electron chi connectivity index (χ4n) is 2.00. The van der Waals surface area contributed by atoms with Crippen LogP contribution in [0.4, 0.5) is 0 Å². The van der Waals surface area contributed by atoms with Crippen molar-refractivity contribution in [2.75, 3.05) is 0 Å². The molecule has 0 radical (unpaired) electrons. The van der Waals surface area contributed by atoms with Gasteiger partial charge < -0.3 is 0 Å². The molecule has 0 saturated heterocycles. The number of rotatable bonds is 16. The summed E-state index contributed by atoms with van der Waals surface area (Å²) in [6.45, 7) is 4.87.